The smallest absolute Gasteiger partial charge is 0.337 e. The highest BCUT2D eigenvalue weighted by Crippen LogP contribution is 2.44. The van der Waals surface area contributed by atoms with Crippen molar-refractivity contribution in [2.75, 3.05) is 13.2 Å². The van der Waals surface area contributed by atoms with Gasteiger partial charge in [0.1, 0.15) is 17.3 Å². The van der Waals surface area contributed by atoms with Crippen LogP contribution in [0.15, 0.2) is 66.7 Å². The molecule has 8 heteroatoms. The van der Waals surface area contributed by atoms with E-state index in [2.05, 4.69) is 22.0 Å². The van der Waals surface area contributed by atoms with Gasteiger partial charge in [-0.1, -0.05) is 46.3 Å². The van der Waals surface area contributed by atoms with Crippen molar-refractivity contribution < 1.29 is 28.5 Å². The van der Waals surface area contributed by atoms with Crippen LogP contribution in [0.3, 0.4) is 0 Å². The van der Waals surface area contributed by atoms with E-state index in [1.54, 1.807) is 12.1 Å². The third kappa shape index (κ3) is 7.30. The van der Waals surface area contributed by atoms with Crippen LogP contribution in [0.4, 0.5) is 4.39 Å². The lowest BCUT2D eigenvalue weighted by molar-refractivity contribution is -0.160. The van der Waals surface area contributed by atoms with Gasteiger partial charge in [0.05, 0.1) is 24.5 Å². The molecule has 0 radical (unpaired) electrons. The second-order valence-corrected chi connectivity index (χ2v) is 12.5. The van der Waals surface area contributed by atoms with Gasteiger partial charge < -0.3 is 19.3 Å². The molecule has 4 aromatic rings. The maximum atomic E-state index is 13.2. The summed E-state index contributed by atoms with van der Waals surface area (Å²) in [5, 5.41) is 10.9. The minimum absolute atomic E-state index is 0.260. The number of carboxylic acid groups (broad SMARTS) is 1. The summed E-state index contributed by atoms with van der Waals surface area (Å²) >= 11 is 3.64. The van der Waals surface area contributed by atoms with Crippen LogP contribution in [0, 0.1) is 12.7 Å². The van der Waals surface area contributed by atoms with E-state index in [4.69, 9.17) is 19.2 Å². The second-order valence-electron chi connectivity index (χ2n) is 11.9. The normalized spacial score (nSPS) is 13.6. The average molecular weight is 663 g/mol. The molecular formula is C36H37BrFNO5. The summed E-state index contributed by atoms with van der Waals surface area (Å²) in [7, 11) is 0. The number of nitrogens with zero attached hydrogens (tertiary/aromatic N) is 1. The van der Waals surface area contributed by atoms with Gasteiger partial charge in [-0.3, -0.25) is 4.98 Å². The summed E-state index contributed by atoms with van der Waals surface area (Å²) in [6.45, 7) is 8.53. The van der Waals surface area contributed by atoms with Gasteiger partial charge >= 0.3 is 5.97 Å². The van der Waals surface area contributed by atoms with Gasteiger partial charge in [0.2, 0.25) is 0 Å². The maximum Gasteiger partial charge on any atom is 0.337 e. The second kappa shape index (κ2) is 13.5. The molecule has 1 atom stereocenters. The number of pyridine rings is 1. The number of rotatable bonds is 10. The lowest BCUT2D eigenvalue weighted by Gasteiger charge is -2.29. The molecule has 0 fully saturated rings. The van der Waals surface area contributed by atoms with Gasteiger partial charge in [-0.05, 0) is 105 Å². The van der Waals surface area contributed by atoms with Gasteiger partial charge in [-0.2, -0.15) is 0 Å². The van der Waals surface area contributed by atoms with Crippen molar-refractivity contribution >= 4 is 21.9 Å². The third-order valence-electron chi connectivity index (χ3n) is 7.50. The molecule has 1 unspecified atom stereocenters. The largest absolute Gasteiger partial charge is 0.493 e. The number of carbonyl (C=O) groups is 1. The monoisotopic (exact) mass is 661 g/mol. The number of carboxylic acids is 1. The van der Waals surface area contributed by atoms with Crippen molar-refractivity contribution in [2.45, 2.75) is 64.0 Å². The Labute approximate surface area is 266 Å². The molecular weight excluding hydrogens is 625 g/mol. The Balaban J connectivity index is 1.60. The first-order chi connectivity index (χ1) is 21.0. The molecule has 44 heavy (non-hydrogen) atoms. The van der Waals surface area contributed by atoms with E-state index in [9.17, 15) is 14.3 Å². The van der Waals surface area contributed by atoms with Crippen molar-refractivity contribution in [3.63, 3.8) is 0 Å². The molecule has 1 aromatic heterocycles. The summed E-state index contributed by atoms with van der Waals surface area (Å²) in [5.41, 5.74) is 6.68. The minimum atomic E-state index is -1.23. The lowest BCUT2D eigenvalue weighted by atomic mass is 9.85. The molecule has 2 heterocycles. The van der Waals surface area contributed by atoms with E-state index in [-0.39, 0.29) is 5.82 Å². The molecule has 0 saturated heterocycles. The topological polar surface area (TPSA) is 77.9 Å². The van der Waals surface area contributed by atoms with Crippen molar-refractivity contribution in [1.82, 2.24) is 4.98 Å². The van der Waals surface area contributed by atoms with E-state index in [1.165, 1.54) is 12.1 Å². The first-order valence-electron chi connectivity index (χ1n) is 14.8. The number of ether oxygens (including phenoxy) is 3. The fourth-order valence-electron chi connectivity index (χ4n) is 5.56. The van der Waals surface area contributed by atoms with Gasteiger partial charge in [0.15, 0.2) is 6.10 Å². The van der Waals surface area contributed by atoms with Crippen molar-refractivity contribution in [1.29, 1.82) is 0 Å². The molecule has 230 valence electrons. The highest BCUT2D eigenvalue weighted by molar-refractivity contribution is 9.08. The van der Waals surface area contributed by atoms with Crippen LogP contribution in [0.5, 0.6) is 11.5 Å². The van der Waals surface area contributed by atoms with E-state index < -0.39 is 17.7 Å². The fourth-order valence-corrected chi connectivity index (χ4v) is 5.97. The standard InChI is InChI=1S/C36H37BrFNO5/c1-22-31(34(35(40)41)44-36(2,3)4)33(26-11-16-30-25(20-26)6-5-18-43-30)32(29(21-37)39-22)24-9-14-28(15-10-24)42-19-17-23-7-12-27(38)13-8-23/h7-16,20,34H,5-6,17-19,21H2,1-4H3,(H,40,41). The molecule has 0 aliphatic carbocycles. The first-order valence-corrected chi connectivity index (χ1v) is 15.9. The van der Waals surface area contributed by atoms with Gasteiger partial charge in [0, 0.05) is 28.6 Å². The Morgan fingerprint density at radius 1 is 1.05 bits per heavy atom. The van der Waals surface area contributed by atoms with Crippen LogP contribution in [0.2, 0.25) is 0 Å². The van der Waals surface area contributed by atoms with Crippen LogP contribution in [0.1, 0.15) is 61.4 Å². The summed E-state index contributed by atoms with van der Waals surface area (Å²) in [4.78, 5) is 17.7. The molecule has 6 nitrogen and oxygen atoms in total. The Morgan fingerprint density at radius 3 is 2.41 bits per heavy atom. The maximum absolute atomic E-state index is 13.2. The molecule has 1 aliphatic heterocycles. The fraction of sp³-hybridized carbons (Fsp3) is 0.333. The number of aliphatic carboxylic acids is 1. The number of aryl methyl sites for hydroxylation is 2. The highest BCUT2D eigenvalue weighted by atomic mass is 79.9. The van der Waals surface area contributed by atoms with Crippen molar-refractivity contribution in [3.05, 3.63) is 101 Å². The highest BCUT2D eigenvalue weighted by Gasteiger charge is 2.34. The Bertz CT molecular complexity index is 1630. The summed E-state index contributed by atoms with van der Waals surface area (Å²) in [5.74, 6) is 0.223. The summed E-state index contributed by atoms with van der Waals surface area (Å²) < 4.78 is 31.3. The van der Waals surface area contributed by atoms with E-state index in [0.29, 0.717) is 42.0 Å². The van der Waals surface area contributed by atoms with Crippen LogP contribution < -0.4 is 9.47 Å². The quantitative estimate of drug-likeness (QED) is 0.171. The van der Waals surface area contributed by atoms with Crippen LogP contribution in [-0.4, -0.2) is 34.9 Å². The number of hydrogen-bond acceptors (Lipinski definition) is 5. The van der Waals surface area contributed by atoms with Crippen LogP contribution >= 0.6 is 15.9 Å². The number of fused-ring (bicyclic) bond motifs is 1. The number of alkyl halides is 1. The molecule has 0 bridgehead atoms. The predicted molar refractivity (Wildman–Crippen MR) is 173 cm³/mol. The van der Waals surface area contributed by atoms with E-state index >= 15 is 0 Å². The third-order valence-corrected chi connectivity index (χ3v) is 8.03. The minimum Gasteiger partial charge on any atom is -0.493 e. The molecule has 1 N–H and O–H groups in total. The SMILES string of the molecule is Cc1nc(CBr)c(-c2ccc(OCCc3ccc(F)cc3)cc2)c(-c2ccc3c(c2)CCCO3)c1C(OC(C)(C)C)C(=O)O. The molecule has 0 spiro atoms. The van der Waals surface area contributed by atoms with E-state index in [0.717, 1.165) is 57.7 Å². The zero-order valence-corrected chi connectivity index (χ0v) is 27.0. The van der Waals surface area contributed by atoms with Crippen LogP contribution in [0.25, 0.3) is 22.3 Å². The van der Waals surface area contributed by atoms with Gasteiger partial charge in [-0.25, -0.2) is 9.18 Å². The number of benzene rings is 3. The van der Waals surface area contributed by atoms with Gasteiger partial charge in [-0.15, -0.1) is 0 Å². The molecule has 0 amide bonds. The van der Waals surface area contributed by atoms with Gasteiger partial charge in [0.25, 0.3) is 0 Å². The molecule has 5 rings (SSSR count). The number of halogens is 2. The van der Waals surface area contributed by atoms with Crippen molar-refractivity contribution in [2.24, 2.45) is 0 Å². The Kier molecular flexibility index (Phi) is 9.71. The molecule has 1 aliphatic rings. The van der Waals surface area contributed by atoms with Crippen LogP contribution in [-0.2, 0) is 27.7 Å². The zero-order chi connectivity index (χ0) is 31.4. The Morgan fingerprint density at radius 2 is 1.75 bits per heavy atom. The van der Waals surface area contributed by atoms with Crippen molar-refractivity contribution in [3.8, 4) is 33.8 Å². The number of hydrogen-bond donors (Lipinski definition) is 1. The number of aromatic nitrogens is 1. The van der Waals surface area contributed by atoms with E-state index in [1.807, 2.05) is 64.1 Å². The Hall–Kier alpha value is -3.75. The predicted octanol–water partition coefficient (Wildman–Crippen LogP) is 8.65. The summed E-state index contributed by atoms with van der Waals surface area (Å²) in [6, 6.07) is 20.2. The molecule has 0 saturated carbocycles. The average Bonchev–Trinajstić information content (AvgIpc) is 3.00. The first kappa shape index (κ1) is 31.7. The lowest BCUT2D eigenvalue weighted by Crippen LogP contribution is -2.28. The molecule has 3 aromatic carbocycles. The zero-order valence-electron chi connectivity index (χ0n) is 25.5. The summed E-state index contributed by atoms with van der Waals surface area (Å²) in [6.07, 6.45) is 1.22.